The van der Waals surface area contributed by atoms with Gasteiger partial charge < -0.3 is 26.0 Å². The second-order valence-electron chi connectivity index (χ2n) is 7.67. The number of anilines is 3. The van der Waals surface area contributed by atoms with Crippen LogP contribution in [-0.2, 0) is 9.53 Å². The zero-order chi connectivity index (χ0) is 24.2. The first-order valence-electron chi connectivity index (χ1n) is 10.6. The molecule has 34 heavy (non-hydrogen) atoms. The van der Waals surface area contributed by atoms with Crippen LogP contribution in [0.2, 0.25) is 0 Å². The molecule has 1 saturated heterocycles. The lowest BCUT2D eigenvalue weighted by Crippen LogP contribution is -2.38. The van der Waals surface area contributed by atoms with Gasteiger partial charge in [-0.15, -0.1) is 0 Å². The van der Waals surface area contributed by atoms with E-state index in [2.05, 4.69) is 26.3 Å². The van der Waals surface area contributed by atoms with Crippen molar-refractivity contribution in [2.45, 2.75) is 13.0 Å². The molecule has 4 N–H and O–H groups in total. The molecule has 3 heterocycles. The third-order valence-corrected chi connectivity index (χ3v) is 5.07. The summed E-state index contributed by atoms with van der Waals surface area (Å²) < 4.78 is 35.4. The number of imidazole rings is 1. The highest BCUT2D eigenvalue weighted by Gasteiger charge is 2.30. The summed E-state index contributed by atoms with van der Waals surface area (Å²) >= 11 is 0. The Morgan fingerprint density at radius 1 is 1.24 bits per heavy atom. The van der Waals surface area contributed by atoms with Crippen molar-refractivity contribution in [3.63, 3.8) is 0 Å². The SMILES string of the molecule is C[C@H]1CN(c2cc(F)c(NCCNC(=O)CNC(=O)c3cn4c(n3)NCC=C4)c(F)c2)C(=O)O1. The first kappa shape index (κ1) is 23.0. The van der Waals surface area contributed by atoms with E-state index in [4.69, 9.17) is 4.74 Å². The first-order valence-corrected chi connectivity index (χ1v) is 10.6. The Kier molecular flexibility index (Phi) is 6.61. The van der Waals surface area contributed by atoms with Crippen LogP contribution in [-0.4, -0.2) is 66.3 Å². The van der Waals surface area contributed by atoms with Crippen molar-refractivity contribution >= 4 is 41.4 Å². The van der Waals surface area contributed by atoms with Crippen LogP contribution in [0.1, 0.15) is 17.4 Å². The predicted molar refractivity (Wildman–Crippen MR) is 120 cm³/mol. The predicted octanol–water partition coefficient (Wildman–Crippen LogP) is 1.36. The number of hydrogen-bond donors (Lipinski definition) is 4. The number of aromatic nitrogens is 2. The molecule has 1 atom stereocenters. The van der Waals surface area contributed by atoms with Crippen LogP contribution < -0.4 is 26.2 Å². The van der Waals surface area contributed by atoms with Gasteiger partial charge in [0.15, 0.2) is 11.6 Å². The lowest BCUT2D eigenvalue weighted by molar-refractivity contribution is -0.120. The van der Waals surface area contributed by atoms with Gasteiger partial charge in [0.25, 0.3) is 5.91 Å². The fraction of sp³-hybridized carbons (Fsp3) is 0.333. The molecule has 180 valence electrons. The molecule has 1 fully saturated rings. The number of amides is 3. The Bertz CT molecular complexity index is 1130. The summed E-state index contributed by atoms with van der Waals surface area (Å²) in [5.41, 5.74) is -0.155. The number of carbonyl (C=O) groups excluding carboxylic acids is 3. The largest absolute Gasteiger partial charge is 0.444 e. The number of halogens is 2. The Labute approximate surface area is 193 Å². The second kappa shape index (κ2) is 9.77. The molecule has 0 bridgehead atoms. The third-order valence-electron chi connectivity index (χ3n) is 5.07. The van der Waals surface area contributed by atoms with Crippen molar-refractivity contribution in [3.8, 4) is 0 Å². The second-order valence-corrected chi connectivity index (χ2v) is 7.67. The third kappa shape index (κ3) is 5.08. The van der Waals surface area contributed by atoms with Crippen molar-refractivity contribution in [1.29, 1.82) is 0 Å². The molecule has 0 radical (unpaired) electrons. The maximum absolute atomic E-state index is 14.4. The molecule has 2 aliphatic heterocycles. The van der Waals surface area contributed by atoms with Crippen molar-refractivity contribution in [2.24, 2.45) is 0 Å². The van der Waals surface area contributed by atoms with Crippen LogP contribution >= 0.6 is 0 Å². The molecule has 0 spiro atoms. The van der Waals surface area contributed by atoms with Gasteiger partial charge in [-0.25, -0.2) is 18.6 Å². The van der Waals surface area contributed by atoms with Crippen LogP contribution in [0.3, 0.4) is 0 Å². The maximum atomic E-state index is 14.4. The molecule has 11 nitrogen and oxygen atoms in total. The van der Waals surface area contributed by atoms with Gasteiger partial charge in [0.05, 0.1) is 18.8 Å². The van der Waals surface area contributed by atoms with E-state index in [1.165, 1.54) is 6.20 Å². The number of fused-ring (bicyclic) bond motifs is 1. The summed E-state index contributed by atoms with van der Waals surface area (Å²) in [6.07, 6.45) is 4.15. The normalized spacial score (nSPS) is 16.5. The molecule has 4 rings (SSSR count). The standard InChI is InChI=1S/C21H23F2N7O4/c1-12-10-30(21(33)34-12)13-7-14(22)18(15(23)8-13)25-5-4-24-17(31)9-27-19(32)16-11-29-6-2-3-26-20(29)28-16/h2,6-8,11-12,25H,3-5,9-10H2,1H3,(H,24,31)(H,26,28)(H,27,32)/t12-/m0/s1. The molecule has 0 unspecified atom stereocenters. The Hall–Kier alpha value is -4.16. The number of ether oxygens (including phenoxy) is 1. The van der Waals surface area contributed by atoms with E-state index in [0.29, 0.717) is 12.5 Å². The van der Waals surface area contributed by atoms with Gasteiger partial charge >= 0.3 is 6.09 Å². The Morgan fingerprint density at radius 2 is 2.00 bits per heavy atom. The van der Waals surface area contributed by atoms with E-state index in [0.717, 1.165) is 17.0 Å². The molecule has 2 aliphatic rings. The molecule has 2 aromatic rings. The summed E-state index contributed by atoms with van der Waals surface area (Å²) in [5, 5.41) is 10.6. The molecule has 0 saturated carbocycles. The van der Waals surface area contributed by atoms with Crippen molar-refractivity contribution in [2.75, 3.05) is 48.3 Å². The average molecular weight is 475 g/mol. The lowest BCUT2D eigenvalue weighted by Gasteiger charge is -2.16. The maximum Gasteiger partial charge on any atom is 0.414 e. The van der Waals surface area contributed by atoms with Gasteiger partial charge in [-0.2, -0.15) is 0 Å². The van der Waals surface area contributed by atoms with Crippen molar-refractivity contribution in [3.05, 3.63) is 41.7 Å². The average Bonchev–Trinajstić information content (AvgIpc) is 3.38. The summed E-state index contributed by atoms with van der Waals surface area (Å²) in [6.45, 7) is 2.29. The van der Waals surface area contributed by atoms with Gasteiger partial charge in [-0.3, -0.25) is 19.1 Å². The molecule has 3 amide bonds. The number of nitrogens with zero attached hydrogens (tertiary/aromatic N) is 3. The smallest absolute Gasteiger partial charge is 0.414 e. The van der Waals surface area contributed by atoms with E-state index in [9.17, 15) is 23.2 Å². The molecular formula is C21H23F2N7O4. The quantitative estimate of drug-likeness (QED) is 0.424. The van der Waals surface area contributed by atoms with E-state index < -0.39 is 29.5 Å². The topological polar surface area (TPSA) is 130 Å². The Balaban J connectivity index is 1.21. The fourth-order valence-electron chi connectivity index (χ4n) is 3.47. The van der Waals surface area contributed by atoms with Crippen LogP contribution in [0, 0.1) is 11.6 Å². The highest BCUT2D eigenvalue weighted by Crippen LogP contribution is 2.28. The van der Waals surface area contributed by atoms with Gasteiger partial charge in [-0.05, 0) is 13.0 Å². The molecule has 1 aromatic carbocycles. The minimum atomic E-state index is -0.881. The van der Waals surface area contributed by atoms with Crippen molar-refractivity contribution < 1.29 is 27.9 Å². The van der Waals surface area contributed by atoms with Gasteiger partial charge in [0.1, 0.15) is 17.5 Å². The summed E-state index contributed by atoms with van der Waals surface area (Å²) in [5.74, 6) is -2.22. The summed E-state index contributed by atoms with van der Waals surface area (Å²) in [4.78, 5) is 41.2. The van der Waals surface area contributed by atoms with E-state index >= 15 is 0 Å². The van der Waals surface area contributed by atoms with Crippen LogP contribution in [0.5, 0.6) is 0 Å². The fourth-order valence-corrected chi connectivity index (χ4v) is 3.47. The number of hydrogen-bond acceptors (Lipinski definition) is 7. The Morgan fingerprint density at radius 3 is 2.68 bits per heavy atom. The van der Waals surface area contributed by atoms with Crippen LogP contribution in [0.25, 0.3) is 6.20 Å². The van der Waals surface area contributed by atoms with E-state index in [1.54, 1.807) is 17.7 Å². The van der Waals surface area contributed by atoms with E-state index in [-0.39, 0.29) is 49.4 Å². The molecule has 0 aliphatic carbocycles. The monoisotopic (exact) mass is 475 g/mol. The lowest BCUT2D eigenvalue weighted by atomic mass is 10.2. The summed E-state index contributed by atoms with van der Waals surface area (Å²) in [7, 11) is 0. The van der Waals surface area contributed by atoms with Crippen molar-refractivity contribution in [1.82, 2.24) is 20.2 Å². The highest BCUT2D eigenvalue weighted by molar-refractivity contribution is 5.95. The number of rotatable bonds is 8. The molecular weight excluding hydrogens is 452 g/mol. The van der Waals surface area contributed by atoms with Gasteiger partial charge in [0.2, 0.25) is 11.9 Å². The minimum Gasteiger partial charge on any atom is -0.444 e. The number of benzene rings is 1. The number of nitrogens with one attached hydrogen (secondary N) is 4. The highest BCUT2D eigenvalue weighted by atomic mass is 19.1. The molecule has 13 heteroatoms. The number of cyclic esters (lactones) is 1. The van der Waals surface area contributed by atoms with Crippen LogP contribution in [0.4, 0.5) is 30.9 Å². The zero-order valence-corrected chi connectivity index (χ0v) is 18.2. The van der Waals surface area contributed by atoms with Gasteiger partial charge in [-0.1, -0.05) is 0 Å². The first-order chi connectivity index (χ1) is 16.3. The molecule has 1 aromatic heterocycles. The number of carbonyl (C=O) groups is 3. The van der Waals surface area contributed by atoms with Crippen LogP contribution in [0.15, 0.2) is 24.4 Å². The minimum absolute atomic E-state index is 0.0292. The van der Waals surface area contributed by atoms with E-state index in [1.807, 2.05) is 6.08 Å². The zero-order valence-electron chi connectivity index (χ0n) is 18.2. The van der Waals surface area contributed by atoms with Gasteiger partial charge in [0, 0.05) is 44.2 Å². The summed E-state index contributed by atoms with van der Waals surface area (Å²) in [6, 6.07) is 2.08.